The standard InChI is InChI=1S/C11H18N2O2/c1-3-4-9(7-12)13-11(14)10-8(2)5-6-15-10/h8-10H,3-6H2,1-2H3,(H,13,14). The maximum Gasteiger partial charge on any atom is 0.250 e. The van der Waals surface area contributed by atoms with Crippen LogP contribution in [0.5, 0.6) is 0 Å². The summed E-state index contributed by atoms with van der Waals surface area (Å²) in [4.78, 5) is 11.7. The lowest BCUT2D eigenvalue weighted by Crippen LogP contribution is -2.42. The van der Waals surface area contributed by atoms with E-state index in [2.05, 4.69) is 11.4 Å². The average Bonchev–Trinajstić information content (AvgIpc) is 2.63. The van der Waals surface area contributed by atoms with Crippen LogP contribution in [-0.2, 0) is 9.53 Å². The summed E-state index contributed by atoms with van der Waals surface area (Å²) in [5.74, 6) is 0.117. The Bertz CT molecular complexity index is 260. The Balaban J connectivity index is 2.43. The fraction of sp³-hybridized carbons (Fsp3) is 0.818. The van der Waals surface area contributed by atoms with Crippen molar-refractivity contribution in [3.05, 3.63) is 0 Å². The third kappa shape index (κ3) is 3.21. The van der Waals surface area contributed by atoms with E-state index in [-0.39, 0.29) is 24.0 Å². The molecule has 0 saturated carbocycles. The minimum atomic E-state index is -0.376. The van der Waals surface area contributed by atoms with Crippen LogP contribution in [-0.4, -0.2) is 24.7 Å². The summed E-state index contributed by atoms with van der Waals surface area (Å²) < 4.78 is 5.33. The molecule has 1 amide bonds. The normalized spacial score (nSPS) is 27.0. The Morgan fingerprint density at radius 1 is 1.73 bits per heavy atom. The molecule has 1 aliphatic heterocycles. The number of hydrogen-bond acceptors (Lipinski definition) is 3. The average molecular weight is 210 g/mol. The van der Waals surface area contributed by atoms with Crippen molar-refractivity contribution in [3.63, 3.8) is 0 Å². The second-order valence-corrected chi connectivity index (χ2v) is 4.04. The maximum atomic E-state index is 11.7. The van der Waals surface area contributed by atoms with Crippen LogP contribution in [0.15, 0.2) is 0 Å². The molecule has 1 saturated heterocycles. The fourth-order valence-corrected chi connectivity index (χ4v) is 1.74. The fourth-order valence-electron chi connectivity index (χ4n) is 1.74. The zero-order valence-electron chi connectivity index (χ0n) is 9.32. The zero-order valence-corrected chi connectivity index (χ0v) is 9.32. The van der Waals surface area contributed by atoms with Crippen molar-refractivity contribution in [1.82, 2.24) is 5.32 Å². The Morgan fingerprint density at radius 2 is 2.47 bits per heavy atom. The highest BCUT2D eigenvalue weighted by molar-refractivity contribution is 5.81. The lowest BCUT2D eigenvalue weighted by Gasteiger charge is -2.17. The number of amides is 1. The van der Waals surface area contributed by atoms with E-state index in [1.165, 1.54) is 0 Å². The van der Waals surface area contributed by atoms with Gasteiger partial charge in [-0.3, -0.25) is 4.79 Å². The molecule has 0 aromatic heterocycles. The lowest BCUT2D eigenvalue weighted by atomic mass is 10.0. The van der Waals surface area contributed by atoms with Gasteiger partial charge in [0.2, 0.25) is 5.91 Å². The highest BCUT2D eigenvalue weighted by Gasteiger charge is 2.31. The molecule has 1 aliphatic rings. The van der Waals surface area contributed by atoms with Crippen molar-refractivity contribution >= 4 is 5.91 Å². The molecule has 1 N–H and O–H groups in total. The highest BCUT2D eigenvalue weighted by Crippen LogP contribution is 2.20. The number of rotatable bonds is 4. The van der Waals surface area contributed by atoms with Crippen LogP contribution in [0.25, 0.3) is 0 Å². The number of ether oxygens (including phenoxy) is 1. The summed E-state index contributed by atoms with van der Waals surface area (Å²) in [7, 11) is 0. The second-order valence-electron chi connectivity index (χ2n) is 4.04. The minimum absolute atomic E-state index is 0.139. The van der Waals surface area contributed by atoms with Crippen molar-refractivity contribution in [2.24, 2.45) is 5.92 Å². The molecule has 3 unspecified atom stereocenters. The van der Waals surface area contributed by atoms with E-state index in [1.807, 2.05) is 13.8 Å². The van der Waals surface area contributed by atoms with Crippen molar-refractivity contribution in [2.45, 2.75) is 45.3 Å². The SMILES string of the molecule is CCCC(C#N)NC(=O)C1OCCC1C. The van der Waals surface area contributed by atoms with Gasteiger partial charge in [-0.15, -0.1) is 0 Å². The summed E-state index contributed by atoms with van der Waals surface area (Å²) in [6.45, 7) is 4.63. The van der Waals surface area contributed by atoms with E-state index in [0.29, 0.717) is 13.0 Å². The molecule has 0 aromatic carbocycles. The summed E-state index contributed by atoms with van der Waals surface area (Å²) in [5.41, 5.74) is 0. The quantitative estimate of drug-likeness (QED) is 0.758. The van der Waals surface area contributed by atoms with Gasteiger partial charge in [0.05, 0.1) is 6.07 Å². The molecule has 4 heteroatoms. The predicted octanol–water partition coefficient (Wildman–Crippen LogP) is 1.22. The van der Waals surface area contributed by atoms with Gasteiger partial charge in [-0.2, -0.15) is 5.26 Å². The molecule has 0 spiro atoms. The first-order valence-corrected chi connectivity index (χ1v) is 5.50. The van der Waals surface area contributed by atoms with Crippen LogP contribution < -0.4 is 5.32 Å². The van der Waals surface area contributed by atoms with Gasteiger partial charge in [-0.1, -0.05) is 20.3 Å². The second kappa shape index (κ2) is 5.72. The van der Waals surface area contributed by atoms with Crippen LogP contribution >= 0.6 is 0 Å². The molecule has 0 aromatic rings. The van der Waals surface area contributed by atoms with E-state index in [9.17, 15) is 4.79 Å². The summed E-state index contributed by atoms with van der Waals surface area (Å²) in [5, 5.41) is 11.5. The number of nitrogens with zero attached hydrogens (tertiary/aromatic N) is 1. The molecule has 15 heavy (non-hydrogen) atoms. The topological polar surface area (TPSA) is 62.1 Å². The highest BCUT2D eigenvalue weighted by atomic mass is 16.5. The number of carbonyl (C=O) groups is 1. The van der Waals surface area contributed by atoms with Crippen molar-refractivity contribution < 1.29 is 9.53 Å². The first-order valence-electron chi connectivity index (χ1n) is 5.50. The van der Waals surface area contributed by atoms with Crippen LogP contribution in [0, 0.1) is 17.2 Å². The largest absolute Gasteiger partial charge is 0.368 e. The smallest absolute Gasteiger partial charge is 0.250 e. The summed E-state index contributed by atoms with van der Waals surface area (Å²) >= 11 is 0. The Kier molecular flexibility index (Phi) is 4.57. The minimum Gasteiger partial charge on any atom is -0.368 e. The van der Waals surface area contributed by atoms with E-state index < -0.39 is 0 Å². The number of nitrogens with one attached hydrogen (secondary N) is 1. The van der Waals surface area contributed by atoms with Crippen molar-refractivity contribution in [1.29, 1.82) is 5.26 Å². The first kappa shape index (κ1) is 12.0. The molecule has 1 fully saturated rings. The van der Waals surface area contributed by atoms with E-state index >= 15 is 0 Å². The molecular formula is C11H18N2O2. The third-order valence-corrected chi connectivity index (χ3v) is 2.70. The molecule has 0 radical (unpaired) electrons. The lowest BCUT2D eigenvalue weighted by molar-refractivity contribution is -0.131. The molecule has 1 heterocycles. The van der Waals surface area contributed by atoms with E-state index in [1.54, 1.807) is 0 Å². The van der Waals surface area contributed by atoms with E-state index in [0.717, 1.165) is 12.8 Å². The molecule has 1 rings (SSSR count). The maximum absolute atomic E-state index is 11.7. The van der Waals surface area contributed by atoms with E-state index in [4.69, 9.17) is 10.00 Å². The number of carbonyl (C=O) groups excluding carboxylic acids is 1. The summed E-state index contributed by atoms with van der Waals surface area (Å²) in [6, 6.07) is 1.71. The van der Waals surface area contributed by atoms with Gasteiger partial charge in [0.15, 0.2) is 0 Å². The zero-order chi connectivity index (χ0) is 11.3. The Hall–Kier alpha value is -1.08. The number of nitriles is 1. The van der Waals surface area contributed by atoms with Crippen LogP contribution in [0.3, 0.4) is 0 Å². The molecule has 4 nitrogen and oxygen atoms in total. The van der Waals surface area contributed by atoms with Gasteiger partial charge >= 0.3 is 0 Å². The van der Waals surface area contributed by atoms with Gasteiger partial charge in [0.1, 0.15) is 12.1 Å². The third-order valence-electron chi connectivity index (χ3n) is 2.70. The number of hydrogen-bond donors (Lipinski definition) is 1. The molecular weight excluding hydrogens is 192 g/mol. The summed E-state index contributed by atoms with van der Waals surface area (Å²) in [6.07, 6.45) is 2.14. The van der Waals surface area contributed by atoms with Gasteiger partial charge < -0.3 is 10.1 Å². The molecule has 0 aliphatic carbocycles. The Labute approximate surface area is 90.6 Å². The van der Waals surface area contributed by atoms with Gasteiger partial charge in [-0.25, -0.2) is 0 Å². The monoisotopic (exact) mass is 210 g/mol. The van der Waals surface area contributed by atoms with Crippen molar-refractivity contribution in [3.8, 4) is 6.07 Å². The molecule has 0 bridgehead atoms. The van der Waals surface area contributed by atoms with Gasteiger partial charge in [0, 0.05) is 6.61 Å². The first-order chi connectivity index (χ1) is 7.19. The van der Waals surface area contributed by atoms with Gasteiger partial charge in [0.25, 0.3) is 0 Å². The van der Waals surface area contributed by atoms with Crippen LogP contribution in [0.1, 0.15) is 33.1 Å². The van der Waals surface area contributed by atoms with Gasteiger partial charge in [-0.05, 0) is 18.8 Å². The molecule has 3 atom stereocenters. The predicted molar refractivity (Wildman–Crippen MR) is 56.0 cm³/mol. The van der Waals surface area contributed by atoms with Crippen LogP contribution in [0.4, 0.5) is 0 Å². The van der Waals surface area contributed by atoms with Crippen LogP contribution in [0.2, 0.25) is 0 Å². The molecule has 84 valence electrons. The van der Waals surface area contributed by atoms with Crippen molar-refractivity contribution in [2.75, 3.05) is 6.61 Å². The Morgan fingerprint density at radius 3 is 2.93 bits per heavy atom.